The van der Waals surface area contributed by atoms with E-state index in [4.69, 9.17) is 4.42 Å². The summed E-state index contributed by atoms with van der Waals surface area (Å²) >= 11 is 0. The second-order valence-corrected chi connectivity index (χ2v) is 2.53. The first-order valence-electron chi connectivity index (χ1n) is 3.76. The van der Waals surface area contributed by atoms with E-state index in [2.05, 4.69) is 9.97 Å². The van der Waals surface area contributed by atoms with Crippen LogP contribution in [0, 0.1) is 10.1 Å². The zero-order valence-electron chi connectivity index (χ0n) is 6.95. The second-order valence-electron chi connectivity index (χ2n) is 2.53. The van der Waals surface area contributed by atoms with Gasteiger partial charge in [-0.2, -0.15) is 0 Å². The van der Waals surface area contributed by atoms with E-state index >= 15 is 0 Å². The summed E-state index contributed by atoms with van der Waals surface area (Å²) < 4.78 is 4.77. The van der Waals surface area contributed by atoms with Crippen LogP contribution < -0.4 is 0 Å². The smallest absolute Gasteiger partial charge is 0.364 e. The molecule has 0 fully saturated rings. The van der Waals surface area contributed by atoms with E-state index in [-0.39, 0.29) is 5.82 Å². The maximum absolute atomic E-state index is 10.4. The maximum atomic E-state index is 10.4. The zero-order chi connectivity index (χ0) is 9.97. The van der Waals surface area contributed by atoms with Crippen molar-refractivity contribution >= 4 is 5.82 Å². The molecule has 6 nitrogen and oxygen atoms in total. The van der Waals surface area contributed by atoms with Gasteiger partial charge in [-0.15, -0.1) is 0 Å². The van der Waals surface area contributed by atoms with Crippen LogP contribution >= 0.6 is 0 Å². The summed E-state index contributed by atoms with van der Waals surface area (Å²) in [6.45, 7) is 0. The van der Waals surface area contributed by atoms with Crippen LogP contribution in [-0.2, 0) is 0 Å². The van der Waals surface area contributed by atoms with Crippen molar-refractivity contribution in [3.63, 3.8) is 0 Å². The number of hydrogen-bond donors (Lipinski definition) is 0. The fraction of sp³-hybridized carbons (Fsp3) is 0. The van der Waals surface area contributed by atoms with Crippen molar-refractivity contribution < 1.29 is 9.34 Å². The molecular weight excluding hydrogens is 186 g/mol. The minimum Gasteiger partial charge on any atom is -0.451 e. The van der Waals surface area contributed by atoms with Gasteiger partial charge in [-0.05, 0) is 16.0 Å². The van der Waals surface area contributed by atoms with Gasteiger partial charge in [-0.3, -0.25) is 0 Å². The van der Waals surface area contributed by atoms with Crippen LogP contribution in [0.2, 0.25) is 0 Å². The van der Waals surface area contributed by atoms with E-state index in [1.54, 1.807) is 6.07 Å². The number of hydrogen-bond acceptors (Lipinski definition) is 5. The van der Waals surface area contributed by atoms with Gasteiger partial charge < -0.3 is 14.5 Å². The van der Waals surface area contributed by atoms with Crippen molar-refractivity contribution in [2.45, 2.75) is 0 Å². The Morgan fingerprint density at radius 2 is 2.29 bits per heavy atom. The first kappa shape index (κ1) is 8.36. The summed E-state index contributed by atoms with van der Waals surface area (Å²) in [5.41, 5.74) is 1.16. The van der Waals surface area contributed by atoms with Crippen LogP contribution in [0.25, 0.3) is 11.3 Å². The van der Waals surface area contributed by atoms with E-state index in [9.17, 15) is 10.1 Å². The van der Waals surface area contributed by atoms with E-state index in [1.807, 2.05) is 0 Å². The van der Waals surface area contributed by atoms with Gasteiger partial charge >= 0.3 is 5.82 Å². The highest BCUT2D eigenvalue weighted by Crippen LogP contribution is 2.19. The lowest BCUT2D eigenvalue weighted by atomic mass is 10.2. The van der Waals surface area contributed by atoms with Crippen molar-refractivity contribution in [1.29, 1.82) is 0 Å². The van der Waals surface area contributed by atoms with E-state index in [0.29, 0.717) is 11.3 Å². The summed E-state index contributed by atoms with van der Waals surface area (Å²) in [5, 5.41) is 10.4. The lowest BCUT2D eigenvalue weighted by Gasteiger charge is -1.94. The third kappa shape index (κ3) is 1.45. The molecule has 0 aliphatic heterocycles. The van der Waals surface area contributed by atoms with Gasteiger partial charge in [0.15, 0.2) is 6.39 Å². The van der Waals surface area contributed by atoms with Crippen molar-refractivity contribution in [2.24, 2.45) is 0 Å². The van der Waals surface area contributed by atoms with E-state index in [0.717, 1.165) is 0 Å². The molecule has 2 aromatic heterocycles. The molecule has 70 valence electrons. The Morgan fingerprint density at radius 1 is 1.43 bits per heavy atom. The molecule has 0 aliphatic carbocycles. The highest BCUT2D eigenvalue weighted by molar-refractivity contribution is 5.59. The van der Waals surface area contributed by atoms with Gasteiger partial charge in [-0.1, -0.05) is 0 Å². The van der Waals surface area contributed by atoms with E-state index < -0.39 is 4.92 Å². The number of aromatic nitrogens is 2. The van der Waals surface area contributed by atoms with Crippen molar-refractivity contribution in [1.82, 2.24) is 9.97 Å². The molecule has 0 saturated heterocycles. The molecule has 0 spiro atoms. The molecule has 2 rings (SSSR count). The number of nitro groups is 1. The third-order valence-corrected chi connectivity index (χ3v) is 1.66. The van der Waals surface area contributed by atoms with Crippen LogP contribution in [0.15, 0.2) is 35.4 Å². The molecule has 0 amide bonds. The molecule has 0 aromatic carbocycles. The van der Waals surface area contributed by atoms with Crippen LogP contribution in [0.3, 0.4) is 0 Å². The Hall–Kier alpha value is -2.24. The number of rotatable bonds is 2. The number of pyridine rings is 1. The van der Waals surface area contributed by atoms with Gasteiger partial charge in [0.1, 0.15) is 18.2 Å². The largest absolute Gasteiger partial charge is 0.451 e. The van der Waals surface area contributed by atoms with Crippen LogP contribution in [0.5, 0.6) is 0 Å². The van der Waals surface area contributed by atoms with Crippen molar-refractivity contribution in [3.05, 3.63) is 41.1 Å². The molecule has 0 N–H and O–H groups in total. The Kier molecular flexibility index (Phi) is 1.94. The summed E-state index contributed by atoms with van der Waals surface area (Å²) in [5.74, 6) is -0.203. The Bertz CT molecular complexity index is 453. The fourth-order valence-corrected chi connectivity index (χ4v) is 1.03. The van der Waals surface area contributed by atoms with Crippen molar-refractivity contribution in [3.8, 4) is 11.3 Å². The summed E-state index contributed by atoms with van der Waals surface area (Å²) in [7, 11) is 0. The first-order valence-corrected chi connectivity index (χ1v) is 3.76. The molecule has 0 saturated carbocycles. The lowest BCUT2D eigenvalue weighted by Crippen LogP contribution is -1.91. The van der Waals surface area contributed by atoms with Crippen LogP contribution in [0.1, 0.15) is 0 Å². The Balaban J connectivity index is 2.46. The van der Waals surface area contributed by atoms with Crippen molar-refractivity contribution in [2.75, 3.05) is 0 Å². The maximum Gasteiger partial charge on any atom is 0.364 e. The molecule has 2 heterocycles. The summed E-state index contributed by atoms with van der Waals surface area (Å²) in [6, 6.07) is 2.97. The zero-order valence-corrected chi connectivity index (χ0v) is 6.95. The normalized spacial score (nSPS) is 10.0. The Morgan fingerprint density at radius 3 is 2.93 bits per heavy atom. The third-order valence-electron chi connectivity index (χ3n) is 1.66. The molecule has 2 aromatic rings. The Labute approximate surface area is 78.4 Å². The standard InChI is InChI=1S/C8H5N3O3/c12-11(13)8-3-6(1-2-9-8)7-4-14-5-10-7/h1-5H. The summed E-state index contributed by atoms with van der Waals surface area (Å²) in [6.07, 6.45) is 4.04. The van der Waals surface area contributed by atoms with Gasteiger partial charge in [0.25, 0.3) is 0 Å². The molecule has 0 unspecified atom stereocenters. The number of nitrogens with zero attached hydrogens (tertiary/aromatic N) is 3. The van der Waals surface area contributed by atoms with Crippen LogP contribution in [-0.4, -0.2) is 14.9 Å². The minimum atomic E-state index is -0.552. The minimum absolute atomic E-state index is 0.203. The second kappa shape index (κ2) is 3.25. The summed E-state index contributed by atoms with van der Waals surface area (Å²) in [4.78, 5) is 17.3. The van der Waals surface area contributed by atoms with E-state index in [1.165, 1.54) is 24.9 Å². The quantitative estimate of drug-likeness (QED) is 0.532. The lowest BCUT2D eigenvalue weighted by molar-refractivity contribution is -0.389. The monoisotopic (exact) mass is 191 g/mol. The molecule has 0 radical (unpaired) electrons. The fourth-order valence-electron chi connectivity index (χ4n) is 1.03. The van der Waals surface area contributed by atoms with Gasteiger partial charge in [0, 0.05) is 11.6 Å². The first-order chi connectivity index (χ1) is 6.77. The highest BCUT2D eigenvalue weighted by Gasteiger charge is 2.09. The predicted octanol–water partition coefficient (Wildman–Crippen LogP) is 1.64. The topological polar surface area (TPSA) is 82.1 Å². The molecule has 0 aliphatic rings. The van der Waals surface area contributed by atoms with Gasteiger partial charge in [0.05, 0.1) is 0 Å². The van der Waals surface area contributed by atoms with Crippen LogP contribution in [0.4, 0.5) is 5.82 Å². The molecule has 6 heteroatoms. The SMILES string of the molecule is O=[N+]([O-])c1cc(-c2cocn2)ccn1. The average Bonchev–Trinajstić information content (AvgIpc) is 2.71. The predicted molar refractivity (Wildman–Crippen MR) is 46.4 cm³/mol. The number of oxazole rings is 1. The molecular formula is C8H5N3O3. The molecule has 0 atom stereocenters. The molecule has 0 bridgehead atoms. The highest BCUT2D eigenvalue weighted by atomic mass is 16.6. The van der Waals surface area contributed by atoms with Gasteiger partial charge in [-0.25, -0.2) is 4.98 Å². The average molecular weight is 191 g/mol. The molecule has 14 heavy (non-hydrogen) atoms. The van der Waals surface area contributed by atoms with Gasteiger partial charge in [0.2, 0.25) is 0 Å².